The molecule has 2 heterocycles. The van der Waals surface area contributed by atoms with Gasteiger partial charge in [0.25, 0.3) is 0 Å². The van der Waals surface area contributed by atoms with Crippen LogP contribution in [0.3, 0.4) is 0 Å². The van der Waals surface area contributed by atoms with E-state index in [0.717, 1.165) is 6.20 Å². The first-order valence-corrected chi connectivity index (χ1v) is 9.43. The first kappa shape index (κ1) is 17.8. The van der Waals surface area contributed by atoms with Crippen LogP contribution in [0.25, 0.3) is 10.6 Å². The third-order valence-corrected chi connectivity index (χ3v) is 5.40. The summed E-state index contributed by atoms with van der Waals surface area (Å²) in [5.74, 6) is -0.381. The third kappa shape index (κ3) is 4.49. The highest BCUT2D eigenvalue weighted by atomic mass is 32.2. The Morgan fingerprint density at radius 3 is 2.78 bits per heavy atom. The van der Waals surface area contributed by atoms with Gasteiger partial charge in [-0.05, 0) is 26.8 Å². The second-order valence-corrected chi connectivity index (χ2v) is 8.32. The summed E-state index contributed by atoms with van der Waals surface area (Å²) in [4.78, 5) is 20.5. The van der Waals surface area contributed by atoms with Crippen LogP contribution in [-0.2, 0) is 16.0 Å². The number of amides is 1. The molecule has 1 amide bonds. The Balaban J connectivity index is 2.20. The van der Waals surface area contributed by atoms with E-state index in [2.05, 4.69) is 15.3 Å². The maximum absolute atomic E-state index is 13.3. The van der Waals surface area contributed by atoms with Gasteiger partial charge in [0.1, 0.15) is 21.6 Å². The van der Waals surface area contributed by atoms with E-state index in [1.54, 1.807) is 27.0 Å². The minimum atomic E-state index is -1.07. The van der Waals surface area contributed by atoms with Crippen LogP contribution in [0.15, 0.2) is 18.5 Å². The second kappa shape index (κ2) is 6.94. The summed E-state index contributed by atoms with van der Waals surface area (Å²) >= 11 is 0.190. The molecule has 1 atom stereocenters. The van der Waals surface area contributed by atoms with Gasteiger partial charge in [0.2, 0.25) is 5.91 Å². The lowest BCUT2D eigenvalue weighted by Crippen LogP contribution is -2.36. The van der Waals surface area contributed by atoms with Gasteiger partial charge >= 0.3 is 0 Å². The molecule has 0 aliphatic rings. The van der Waals surface area contributed by atoms with Crippen molar-refractivity contribution in [2.45, 2.75) is 20.8 Å². The molecule has 23 heavy (non-hydrogen) atoms. The Bertz CT molecular complexity index is 716. The number of carbonyl (C=O) groups excluding carboxylic acids is 1. The normalized spacial score (nSPS) is 13.0. The predicted molar refractivity (Wildman–Crippen MR) is 91.4 cm³/mol. The molecule has 0 radical (unpaired) electrons. The number of carbonyl (C=O) groups is 1. The van der Waals surface area contributed by atoms with Gasteiger partial charge in [0.15, 0.2) is 0 Å². The van der Waals surface area contributed by atoms with Crippen LogP contribution in [0.2, 0.25) is 0 Å². The number of rotatable bonds is 5. The SMILES string of the molecule is Cc1nc(-c2cncc(F)c2)sc1NC(=O)C(C)(C)C[S+](C)[O-]. The number of aromatic nitrogens is 2. The minimum Gasteiger partial charge on any atom is -0.617 e. The molecule has 2 rings (SSSR count). The summed E-state index contributed by atoms with van der Waals surface area (Å²) in [7, 11) is 0. The van der Waals surface area contributed by atoms with Crippen molar-refractivity contribution in [2.24, 2.45) is 5.41 Å². The molecule has 0 aromatic carbocycles. The van der Waals surface area contributed by atoms with Gasteiger partial charge in [-0.1, -0.05) is 22.5 Å². The van der Waals surface area contributed by atoms with Crippen molar-refractivity contribution in [3.05, 3.63) is 30.0 Å². The van der Waals surface area contributed by atoms with Crippen LogP contribution in [0.1, 0.15) is 19.5 Å². The maximum Gasteiger partial charge on any atom is 0.235 e. The molecular weight excluding hydrogens is 337 g/mol. The van der Waals surface area contributed by atoms with Crippen molar-refractivity contribution in [1.82, 2.24) is 9.97 Å². The second-order valence-electron chi connectivity index (χ2n) is 5.88. The Morgan fingerprint density at radius 2 is 2.17 bits per heavy atom. The minimum absolute atomic E-state index is 0.219. The Hall–Kier alpha value is -1.51. The molecule has 0 saturated heterocycles. The van der Waals surface area contributed by atoms with Crippen LogP contribution < -0.4 is 5.32 Å². The summed E-state index contributed by atoms with van der Waals surface area (Å²) in [6.45, 7) is 5.27. The first-order chi connectivity index (χ1) is 10.7. The zero-order valence-electron chi connectivity index (χ0n) is 13.3. The fraction of sp³-hybridized carbons (Fsp3) is 0.400. The van der Waals surface area contributed by atoms with Crippen LogP contribution in [0.4, 0.5) is 9.39 Å². The van der Waals surface area contributed by atoms with Crippen LogP contribution in [0, 0.1) is 18.2 Å². The zero-order valence-corrected chi connectivity index (χ0v) is 15.0. The Labute approximate surface area is 141 Å². The summed E-state index contributed by atoms with van der Waals surface area (Å²) in [6.07, 6.45) is 4.22. The van der Waals surface area contributed by atoms with Gasteiger partial charge in [-0.2, -0.15) is 0 Å². The van der Waals surface area contributed by atoms with E-state index < -0.39 is 22.4 Å². The number of halogens is 1. The summed E-state index contributed by atoms with van der Waals surface area (Å²) in [6, 6.07) is 1.35. The number of nitrogens with zero attached hydrogens (tertiary/aromatic N) is 2. The van der Waals surface area contributed by atoms with Crippen molar-refractivity contribution < 1.29 is 13.7 Å². The predicted octanol–water partition coefficient (Wildman–Crippen LogP) is 3.00. The molecule has 5 nitrogen and oxygen atoms in total. The van der Waals surface area contributed by atoms with Gasteiger partial charge in [-0.25, -0.2) is 9.37 Å². The van der Waals surface area contributed by atoms with E-state index in [9.17, 15) is 13.7 Å². The lowest BCUT2D eigenvalue weighted by atomic mass is 9.95. The number of thiazole rings is 1. The molecule has 0 fully saturated rings. The van der Waals surface area contributed by atoms with Gasteiger partial charge < -0.3 is 9.87 Å². The Morgan fingerprint density at radius 1 is 1.48 bits per heavy atom. The van der Waals surface area contributed by atoms with Crippen molar-refractivity contribution in [3.63, 3.8) is 0 Å². The largest absolute Gasteiger partial charge is 0.617 e. The third-order valence-electron chi connectivity index (χ3n) is 3.15. The highest BCUT2D eigenvalue weighted by Crippen LogP contribution is 2.33. The molecule has 1 N–H and O–H groups in total. The standard InChI is InChI=1S/C15H18FN3O2S2/c1-9-12(19-14(20)15(2,3)8-23(4)21)22-13(18-9)10-5-11(16)7-17-6-10/h5-7H,8H2,1-4H3,(H,19,20). The van der Waals surface area contributed by atoms with E-state index in [-0.39, 0.29) is 11.7 Å². The van der Waals surface area contributed by atoms with Crippen LogP contribution in [0.5, 0.6) is 0 Å². The van der Waals surface area contributed by atoms with Gasteiger partial charge in [0.05, 0.1) is 23.6 Å². The number of hydrogen-bond donors (Lipinski definition) is 1. The number of pyridine rings is 1. The van der Waals surface area contributed by atoms with Crippen LogP contribution >= 0.6 is 11.3 Å². The van der Waals surface area contributed by atoms with Crippen molar-refractivity contribution in [2.75, 3.05) is 17.3 Å². The average molecular weight is 355 g/mol. The van der Waals surface area contributed by atoms with Crippen LogP contribution in [-0.4, -0.2) is 32.4 Å². The fourth-order valence-corrected chi connectivity index (χ4v) is 4.10. The number of aryl methyl sites for hydroxylation is 1. The van der Waals surface area contributed by atoms with Gasteiger partial charge in [-0.3, -0.25) is 9.78 Å². The van der Waals surface area contributed by atoms with E-state index >= 15 is 0 Å². The topological polar surface area (TPSA) is 77.9 Å². The van der Waals surface area contributed by atoms with E-state index in [1.807, 2.05) is 0 Å². The van der Waals surface area contributed by atoms with Crippen molar-refractivity contribution >= 4 is 33.4 Å². The van der Waals surface area contributed by atoms with Crippen molar-refractivity contribution in [3.8, 4) is 10.6 Å². The van der Waals surface area contributed by atoms with E-state index in [1.165, 1.54) is 23.6 Å². The molecule has 0 aliphatic carbocycles. The molecule has 2 aromatic heterocycles. The average Bonchev–Trinajstić information content (AvgIpc) is 2.79. The highest BCUT2D eigenvalue weighted by molar-refractivity contribution is 7.90. The quantitative estimate of drug-likeness (QED) is 0.837. The smallest absolute Gasteiger partial charge is 0.235 e. The highest BCUT2D eigenvalue weighted by Gasteiger charge is 2.32. The van der Waals surface area contributed by atoms with E-state index in [4.69, 9.17) is 0 Å². The monoisotopic (exact) mass is 355 g/mol. The van der Waals surface area contributed by atoms with E-state index in [0.29, 0.717) is 21.3 Å². The zero-order chi connectivity index (χ0) is 17.2. The molecule has 0 aliphatic heterocycles. The van der Waals surface area contributed by atoms with Gasteiger partial charge in [0, 0.05) is 11.8 Å². The molecule has 2 aromatic rings. The molecule has 0 bridgehead atoms. The molecular formula is C15H18FN3O2S2. The number of anilines is 1. The van der Waals surface area contributed by atoms with Crippen molar-refractivity contribution in [1.29, 1.82) is 0 Å². The molecule has 8 heteroatoms. The number of nitrogens with one attached hydrogen (secondary N) is 1. The summed E-state index contributed by atoms with van der Waals surface area (Å²) in [5.41, 5.74) is 0.458. The number of hydrogen-bond acceptors (Lipinski definition) is 5. The molecule has 124 valence electrons. The lowest BCUT2D eigenvalue weighted by molar-refractivity contribution is -0.122. The molecule has 0 saturated carbocycles. The first-order valence-electron chi connectivity index (χ1n) is 6.89. The molecule has 0 spiro atoms. The Kier molecular flexibility index (Phi) is 5.38. The fourth-order valence-electron chi connectivity index (χ4n) is 2.01. The maximum atomic E-state index is 13.3. The summed E-state index contributed by atoms with van der Waals surface area (Å²) in [5, 5.41) is 4.02. The lowest BCUT2D eigenvalue weighted by Gasteiger charge is -2.22. The summed E-state index contributed by atoms with van der Waals surface area (Å²) < 4.78 is 24.6. The molecule has 1 unspecified atom stereocenters. The van der Waals surface area contributed by atoms with Gasteiger partial charge in [-0.15, -0.1) is 0 Å².